The highest BCUT2D eigenvalue weighted by atomic mass is 19.4. The third kappa shape index (κ3) is 9.17. The average molecular weight is 914 g/mol. The number of aliphatic imine (C=N–C) groups is 1. The molecular formula is C52H34F9N6+. The zero-order valence-corrected chi connectivity index (χ0v) is 34.9. The Morgan fingerprint density at radius 1 is 0.493 bits per heavy atom. The molecule has 9 aromatic rings. The van der Waals surface area contributed by atoms with Gasteiger partial charge in [-0.25, -0.2) is 19.9 Å². The minimum Gasteiger partial charge on any atom is -0.397 e. The lowest BCUT2D eigenvalue weighted by molar-refractivity contribution is -0.330. The maximum absolute atomic E-state index is 14.0. The first-order valence-corrected chi connectivity index (χ1v) is 20.6. The number of alkyl halides is 9. The summed E-state index contributed by atoms with van der Waals surface area (Å²) in [5, 5.41) is 0. The zero-order chi connectivity index (χ0) is 47.3. The van der Waals surface area contributed by atoms with Crippen LogP contribution in [0, 0.1) is 0 Å². The number of halogens is 9. The van der Waals surface area contributed by atoms with Gasteiger partial charge in [-0.1, -0.05) is 97.9 Å². The number of nitrogens with zero attached hydrogens (tertiary/aromatic N) is 4. The van der Waals surface area contributed by atoms with E-state index in [0.717, 1.165) is 42.5 Å². The van der Waals surface area contributed by atoms with Crippen molar-refractivity contribution >= 4 is 39.2 Å². The zero-order valence-electron chi connectivity index (χ0n) is 34.9. The molecule has 3 N–H and O–H groups in total. The molecule has 1 atom stereocenters. The van der Waals surface area contributed by atoms with Crippen LogP contribution in [-0.4, -0.2) is 20.7 Å². The Hall–Kier alpha value is -7.94. The molecule has 67 heavy (non-hydrogen) atoms. The maximum atomic E-state index is 14.0. The molecule has 6 nitrogen and oxygen atoms in total. The van der Waals surface area contributed by atoms with Crippen LogP contribution < -0.4 is 10.7 Å². The van der Waals surface area contributed by atoms with E-state index in [2.05, 4.69) is 4.98 Å². The minimum absolute atomic E-state index is 0.00582. The fourth-order valence-electron chi connectivity index (χ4n) is 7.83. The number of anilines is 1. The molecule has 0 saturated heterocycles. The van der Waals surface area contributed by atoms with E-state index in [4.69, 9.17) is 25.7 Å². The van der Waals surface area contributed by atoms with Crippen LogP contribution in [0.15, 0.2) is 169 Å². The second-order valence-corrected chi connectivity index (χ2v) is 15.7. The topological polar surface area (TPSA) is 91.2 Å². The first-order valence-electron chi connectivity index (χ1n) is 20.6. The SMILES string of the molecule is CC(C(=Nc1cc(C(F)(F)F)ccc1N)c1ccccc1)c1cc(-c2nc3ccc(C(F)(F)F)cc3nc2-c2ccccc2)cc(-c2[nH+]c3ccc(C(F)(F)F)cc3nc2-c2ccccc2)c1. The lowest BCUT2D eigenvalue weighted by Crippen LogP contribution is -2.15. The van der Waals surface area contributed by atoms with Gasteiger partial charge in [0, 0.05) is 34.2 Å². The number of H-pyrrole nitrogens is 1. The number of nitrogens with two attached hydrogens (primary N) is 1. The van der Waals surface area contributed by atoms with Crippen molar-refractivity contribution in [2.45, 2.75) is 31.4 Å². The van der Waals surface area contributed by atoms with Gasteiger partial charge in [-0.3, -0.25) is 4.99 Å². The van der Waals surface area contributed by atoms with Gasteiger partial charge < -0.3 is 5.73 Å². The van der Waals surface area contributed by atoms with Crippen LogP contribution in [0.25, 0.3) is 67.1 Å². The summed E-state index contributed by atoms with van der Waals surface area (Å²) >= 11 is 0. The molecule has 15 heteroatoms. The Bertz CT molecular complexity index is 3180. The van der Waals surface area contributed by atoms with Crippen LogP contribution in [0.1, 0.15) is 40.7 Å². The minimum atomic E-state index is -4.69. The van der Waals surface area contributed by atoms with Gasteiger partial charge in [-0.15, -0.1) is 0 Å². The fourth-order valence-corrected chi connectivity index (χ4v) is 7.83. The molecule has 0 saturated carbocycles. The third-order valence-corrected chi connectivity index (χ3v) is 11.2. The Morgan fingerprint density at radius 2 is 0.985 bits per heavy atom. The van der Waals surface area contributed by atoms with Gasteiger partial charge in [0.05, 0.1) is 56.2 Å². The normalized spacial score (nSPS) is 13.0. The van der Waals surface area contributed by atoms with E-state index in [1.807, 2.05) is 6.07 Å². The first kappa shape index (κ1) is 44.3. The number of hydrogen-bond acceptors (Lipinski definition) is 5. The highest BCUT2D eigenvalue weighted by Gasteiger charge is 2.34. The van der Waals surface area contributed by atoms with Crippen LogP contribution in [-0.2, 0) is 18.5 Å². The fraction of sp³-hybridized carbons (Fsp3) is 0.0962. The second-order valence-electron chi connectivity index (χ2n) is 15.7. The second kappa shape index (κ2) is 17.1. The van der Waals surface area contributed by atoms with Crippen LogP contribution in [0.5, 0.6) is 0 Å². The molecule has 2 heterocycles. The number of nitrogens with one attached hydrogen (secondary N) is 1. The van der Waals surface area contributed by atoms with E-state index in [0.29, 0.717) is 44.8 Å². The summed E-state index contributed by atoms with van der Waals surface area (Å²) in [7, 11) is 0. The van der Waals surface area contributed by atoms with E-state index >= 15 is 0 Å². The van der Waals surface area contributed by atoms with Gasteiger partial charge in [0.2, 0.25) is 11.2 Å². The van der Waals surface area contributed by atoms with Crippen molar-refractivity contribution in [3.05, 3.63) is 192 Å². The number of benzene rings is 7. The quantitative estimate of drug-likeness (QED) is 0.0934. The molecule has 0 amide bonds. The Kier molecular flexibility index (Phi) is 11.3. The molecule has 0 aliphatic carbocycles. The molecule has 2 aromatic heterocycles. The Balaban J connectivity index is 1.35. The van der Waals surface area contributed by atoms with Crippen molar-refractivity contribution in [2.75, 3.05) is 5.73 Å². The van der Waals surface area contributed by atoms with Crippen LogP contribution in [0.3, 0.4) is 0 Å². The van der Waals surface area contributed by atoms with E-state index in [-0.39, 0.29) is 50.5 Å². The summed E-state index contributed by atoms with van der Waals surface area (Å²) in [5.74, 6) is -0.735. The Labute approximate surface area is 376 Å². The van der Waals surface area contributed by atoms with Crippen molar-refractivity contribution in [3.8, 4) is 45.0 Å². The summed E-state index contributed by atoms with van der Waals surface area (Å²) < 4.78 is 126. The molecule has 9 rings (SSSR count). The van der Waals surface area contributed by atoms with Crippen molar-refractivity contribution in [1.29, 1.82) is 0 Å². The average Bonchev–Trinajstić information content (AvgIpc) is 3.32. The largest absolute Gasteiger partial charge is 0.416 e. The third-order valence-electron chi connectivity index (χ3n) is 11.2. The summed E-state index contributed by atoms with van der Waals surface area (Å²) in [4.78, 5) is 22.7. The summed E-state index contributed by atoms with van der Waals surface area (Å²) in [5.41, 5.74) is 8.33. The molecule has 0 bridgehead atoms. The number of fused-ring (bicyclic) bond motifs is 2. The first-order chi connectivity index (χ1) is 31.9. The monoisotopic (exact) mass is 913 g/mol. The molecule has 0 spiro atoms. The number of rotatable bonds is 8. The lowest BCUT2D eigenvalue weighted by atomic mass is 9.87. The number of aromatic amines is 1. The van der Waals surface area contributed by atoms with E-state index in [9.17, 15) is 39.5 Å². The van der Waals surface area contributed by atoms with Gasteiger partial charge in [0.15, 0.2) is 0 Å². The molecule has 334 valence electrons. The van der Waals surface area contributed by atoms with E-state index in [1.165, 1.54) is 12.1 Å². The van der Waals surface area contributed by atoms with Gasteiger partial charge in [-0.05, 0) is 77.9 Å². The number of nitrogen functional groups attached to an aromatic ring is 1. The van der Waals surface area contributed by atoms with Crippen molar-refractivity contribution in [2.24, 2.45) is 4.99 Å². The van der Waals surface area contributed by atoms with Gasteiger partial charge in [-0.2, -0.15) is 39.5 Å². The van der Waals surface area contributed by atoms with Crippen molar-refractivity contribution in [3.63, 3.8) is 0 Å². The van der Waals surface area contributed by atoms with Gasteiger partial charge in [0.25, 0.3) is 0 Å². The molecule has 7 aromatic carbocycles. The molecule has 0 aliphatic rings. The predicted octanol–water partition coefficient (Wildman–Crippen LogP) is 14.2. The highest BCUT2D eigenvalue weighted by molar-refractivity contribution is 6.07. The van der Waals surface area contributed by atoms with Gasteiger partial charge >= 0.3 is 18.5 Å². The van der Waals surface area contributed by atoms with Crippen molar-refractivity contribution in [1.82, 2.24) is 15.0 Å². The number of hydrogen-bond donors (Lipinski definition) is 1. The smallest absolute Gasteiger partial charge is 0.397 e. The predicted molar refractivity (Wildman–Crippen MR) is 240 cm³/mol. The van der Waals surface area contributed by atoms with Crippen LogP contribution >= 0.6 is 0 Å². The molecular weight excluding hydrogens is 880 g/mol. The molecule has 0 fully saturated rings. The van der Waals surface area contributed by atoms with E-state index in [1.54, 1.807) is 110 Å². The van der Waals surface area contributed by atoms with Gasteiger partial charge in [0.1, 0.15) is 11.2 Å². The van der Waals surface area contributed by atoms with Crippen LogP contribution in [0.4, 0.5) is 50.9 Å². The molecule has 0 aliphatic heterocycles. The standard InChI is InChI=1S/C52H33F9N6/c1-29(45(30-11-5-2-6-12-30)65-42-26-36(50(53,54)55)17-20-39(42)62)33-23-34(48-46(31-13-7-3-8-14-31)66-43-27-37(51(56,57)58)18-21-40(43)63-48)25-35(24-33)49-47(32-15-9-4-10-16-32)67-44-28-38(52(59,60)61)19-22-41(44)64-49/h2-29H,62H2,1H3/p+1. The highest BCUT2D eigenvalue weighted by Crippen LogP contribution is 2.41. The van der Waals surface area contributed by atoms with Crippen LogP contribution in [0.2, 0.25) is 0 Å². The maximum Gasteiger partial charge on any atom is 0.416 e. The Morgan fingerprint density at radius 3 is 1.61 bits per heavy atom. The van der Waals surface area contributed by atoms with E-state index < -0.39 is 41.1 Å². The molecule has 0 radical (unpaired) electrons. The van der Waals surface area contributed by atoms with Crippen molar-refractivity contribution < 1.29 is 44.5 Å². The summed E-state index contributed by atoms with van der Waals surface area (Å²) in [6.07, 6.45) is -14.0. The summed E-state index contributed by atoms with van der Waals surface area (Å²) in [6, 6.07) is 40.8. The summed E-state index contributed by atoms with van der Waals surface area (Å²) in [6.45, 7) is 1.81. The molecule has 1 unspecified atom stereocenters. The number of aromatic nitrogens is 4. The lowest BCUT2D eigenvalue weighted by Gasteiger charge is -2.20.